The fourth-order valence-electron chi connectivity index (χ4n) is 2.22. The van der Waals surface area contributed by atoms with Crippen LogP contribution < -0.4 is 0 Å². The summed E-state index contributed by atoms with van der Waals surface area (Å²) in [7, 11) is 5.85. The first-order chi connectivity index (χ1) is 5.73. The van der Waals surface area contributed by atoms with E-state index in [-0.39, 0.29) is 0 Å². The topological polar surface area (TPSA) is 0 Å². The van der Waals surface area contributed by atoms with E-state index in [1.165, 1.54) is 44.4 Å². The van der Waals surface area contributed by atoms with Gasteiger partial charge in [-0.2, -0.15) is 0 Å². The highest BCUT2D eigenvalue weighted by molar-refractivity contribution is 7.17. The lowest BCUT2D eigenvalue weighted by atomic mass is 9.72. The maximum atomic E-state index is 2.93. The van der Waals surface area contributed by atoms with E-state index in [1.54, 1.807) is 0 Å². The Balaban J connectivity index is 2.51. The van der Waals surface area contributed by atoms with Gasteiger partial charge in [0.1, 0.15) is 0 Å². The molecule has 0 spiro atoms. The molecule has 2 heteroatoms. The maximum Gasteiger partial charge on any atom is -0.0228 e. The Labute approximate surface area is 81.7 Å². The van der Waals surface area contributed by atoms with Crippen LogP contribution in [0.15, 0.2) is 0 Å². The summed E-state index contributed by atoms with van der Waals surface area (Å²) in [6.07, 6.45) is 9.88. The van der Waals surface area contributed by atoms with E-state index in [1.807, 2.05) is 0 Å². The Morgan fingerprint density at radius 2 is 1.58 bits per heavy atom. The van der Waals surface area contributed by atoms with E-state index in [2.05, 4.69) is 25.4 Å². The fourth-order valence-corrected chi connectivity index (χ4v) is 3.55. The molecular formula is C10H22P2. The van der Waals surface area contributed by atoms with Crippen molar-refractivity contribution >= 4 is 18.5 Å². The molecule has 1 rings (SSSR count). The van der Waals surface area contributed by atoms with Gasteiger partial charge in [-0.15, -0.1) is 18.5 Å². The molecule has 0 radical (unpaired) electrons. The Hall–Kier alpha value is 0.860. The summed E-state index contributed by atoms with van der Waals surface area (Å²) in [6, 6.07) is 0. The van der Waals surface area contributed by atoms with E-state index in [0.29, 0.717) is 5.41 Å². The van der Waals surface area contributed by atoms with Crippen LogP contribution in [0.3, 0.4) is 0 Å². The fraction of sp³-hybridized carbons (Fsp3) is 1.00. The summed E-state index contributed by atoms with van der Waals surface area (Å²) in [5.41, 5.74) is 0.579. The third kappa shape index (κ3) is 2.43. The summed E-state index contributed by atoms with van der Waals surface area (Å²) in [5.74, 6) is 0.987. The van der Waals surface area contributed by atoms with Crippen molar-refractivity contribution in [2.45, 2.75) is 39.0 Å². The first-order valence-corrected chi connectivity index (χ1v) is 6.76. The van der Waals surface area contributed by atoms with Crippen molar-refractivity contribution in [3.8, 4) is 0 Å². The normalized spacial score (nSPS) is 21.2. The van der Waals surface area contributed by atoms with Crippen molar-refractivity contribution < 1.29 is 0 Å². The quantitative estimate of drug-likeness (QED) is 0.618. The molecule has 1 aliphatic carbocycles. The zero-order valence-electron chi connectivity index (χ0n) is 8.18. The summed E-state index contributed by atoms with van der Waals surface area (Å²) in [6.45, 7) is 2.45. The molecule has 12 heavy (non-hydrogen) atoms. The van der Waals surface area contributed by atoms with E-state index in [0.717, 1.165) is 5.92 Å². The highest BCUT2D eigenvalue weighted by atomic mass is 31.0. The van der Waals surface area contributed by atoms with Crippen molar-refractivity contribution in [2.75, 3.05) is 12.3 Å². The third-order valence-corrected chi connectivity index (χ3v) is 5.39. The maximum absolute atomic E-state index is 2.93. The molecule has 0 aromatic heterocycles. The molecule has 0 amide bonds. The Morgan fingerprint density at radius 3 is 2.00 bits per heavy atom. The number of hydrogen-bond acceptors (Lipinski definition) is 0. The van der Waals surface area contributed by atoms with Gasteiger partial charge >= 0.3 is 0 Å². The third-order valence-electron chi connectivity index (χ3n) is 3.52. The molecule has 1 fully saturated rings. The molecule has 0 nitrogen and oxygen atoms in total. The first kappa shape index (κ1) is 10.9. The summed E-state index contributed by atoms with van der Waals surface area (Å²) < 4.78 is 0. The molecule has 0 N–H and O–H groups in total. The first-order valence-electron chi connectivity index (χ1n) is 5.13. The highest BCUT2D eigenvalue weighted by Gasteiger charge is 2.31. The van der Waals surface area contributed by atoms with Gasteiger partial charge in [0, 0.05) is 0 Å². The number of rotatable bonds is 3. The molecule has 2 atom stereocenters. The largest absolute Gasteiger partial charge is 0.137 e. The van der Waals surface area contributed by atoms with Crippen LogP contribution in [-0.2, 0) is 0 Å². The standard InChI is InChI=1S/C10H22P2/c1-10(7-11,8-12)9-5-3-2-4-6-9/h9H,2-8,11-12H2,1H3. The van der Waals surface area contributed by atoms with Crippen molar-refractivity contribution in [1.82, 2.24) is 0 Å². The highest BCUT2D eigenvalue weighted by Crippen LogP contribution is 2.40. The lowest BCUT2D eigenvalue weighted by molar-refractivity contribution is 0.189. The smallest absolute Gasteiger partial charge is 0.0228 e. The lowest BCUT2D eigenvalue weighted by Gasteiger charge is -2.38. The minimum atomic E-state index is 0.579. The molecule has 0 aromatic rings. The van der Waals surface area contributed by atoms with Crippen LogP contribution in [0.4, 0.5) is 0 Å². The van der Waals surface area contributed by atoms with E-state index < -0.39 is 0 Å². The zero-order chi connectivity index (χ0) is 9.03. The van der Waals surface area contributed by atoms with Crippen LogP contribution in [0.5, 0.6) is 0 Å². The Morgan fingerprint density at radius 1 is 1.08 bits per heavy atom. The van der Waals surface area contributed by atoms with Gasteiger partial charge in [0.15, 0.2) is 0 Å². The minimum absolute atomic E-state index is 0.579. The average Bonchev–Trinajstić information content (AvgIpc) is 2.18. The van der Waals surface area contributed by atoms with Crippen LogP contribution >= 0.6 is 18.5 Å². The van der Waals surface area contributed by atoms with Gasteiger partial charge in [-0.05, 0) is 36.5 Å². The van der Waals surface area contributed by atoms with Crippen molar-refractivity contribution in [1.29, 1.82) is 0 Å². The molecule has 0 aliphatic heterocycles. The second kappa shape index (κ2) is 4.92. The van der Waals surface area contributed by atoms with Crippen LogP contribution in [-0.4, -0.2) is 12.3 Å². The monoisotopic (exact) mass is 204 g/mol. The number of hydrogen-bond donors (Lipinski definition) is 0. The minimum Gasteiger partial charge on any atom is -0.137 e. The van der Waals surface area contributed by atoms with Gasteiger partial charge < -0.3 is 0 Å². The van der Waals surface area contributed by atoms with Crippen LogP contribution in [0.1, 0.15) is 39.0 Å². The van der Waals surface area contributed by atoms with Crippen LogP contribution in [0.2, 0.25) is 0 Å². The molecule has 0 bridgehead atoms. The van der Waals surface area contributed by atoms with Crippen LogP contribution in [0.25, 0.3) is 0 Å². The molecule has 0 aromatic carbocycles. The van der Waals surface area contributed by atoms with Crippen molar-refractivity contribution in [3.05, 3.63) is 0 Å². The Kier molecular flexibility index (Phi) is 4.49. The molecule has 0 heterocycles. The molecule has 1 saturated carbocycles. The summed E-state index contributed by atoms with van der Waals surface area (Å²) in [4.78, 5) is 0. The van der Waals surface area contributed by atoms with Gasteiger partial charge in [0.05, 0.1) is 0 Å². The van der Waals surface area contributed by atoms with E-state index in [4.69, 9.17) is 0 Å². The predicted molar refractivity (Wildman–Crippen MR) is 63.8 cm³/mol. The zero-order valence-corrected chi connectivity index (χ0v) is 10.5. The Bertz CT molecular complexity index is 124. The van der Waals surface area contributed by atoms with Gasteiger partial charge in [-0.25, -0.2) is 0 Å². The van der Waals surface area contributed by atoms with Gasteiger partial charge in [0.25, 0.3) is 0 Å². The van der Waals surface area contributed by atoms with Crippen molar-refractivity contribution in [3.63, 3.8) is 0 Å². The second-order valence-electron chi connectivity index (χ2n) is 4.40. The van der Waals surface area contributed by atoms with E-state index in [9.17, 15) is 0 Å². The molecule has 1 aliphatic rings. The predicted octanol–water partition coefficient (Wildman–Crippen LogP) is 3.32. The average molecular weight is 204 g/mol. The summed E-state index contributed by atoms with van der Waals surface area (Å²) in [5, 5.41) is 0. The molecule has 2 unspecified atom stereocenters. The molecule has 72 valence electrons. The SMILES string of the molecule is CC(CP)(CP)C1CCCCC1. The van der Waals surface area contributed by atoms with Gasteiger partial charge in [0.2, 0.25) is 0 Å². The van der Waals surface area contributed by atoms with E-state index >= 15 is 0 Å². The lowest BCUT2D eigenvalue weighted by Crippen LogP contribution is -2.32. The second-order valence-corrected chi connectivity index (χ2v) is 5.21. The molecular weight excluding hydrogens is 182 g/mol. The summed E-state index contributed by atoms with van der Waals surface area (Å²) >= 11 is 0. The van der Waals surface area contributed by atoms with Crippen LogP contribution in [0, 0.1) is 11.3 Å². The van der Waals surface area contributed by atoms with Gasteiger partial charge in [-0.1, -0.05) is 26.2 Å². The van der Waals surface area contributed by atoms with Crippen molar-refractivity contribution in [2.24, 2.45) is 11.3 Å². The van der Waals surface area contributed by atoms with Gasteiger partial charge in [-0.3, -0.25) is 0 Å². The molecule has 0 saturated heterocycles.